The molecule has 0 aliphatic rings. The van der Waals surface area contributed by atoms with Crippen molar-refractivity contribution in [1.29, 1.82) is 5.41 Å². The zero-order valence-corrected chi connectivity index (χ0v) is 35.1. The van der Waals surface area contributed by atoms with Crippen LogP contribution in [-0.4, -0.2) is 158 Å². The number of nitrogens with one attached hydrogen (secondary N) is 10. The molecule has 18 N–H and O–H groups in total. The van der Waals surface area contributed by atoms with Crippen molar-refractivity contribution in [3.8, 4) is 0 Å². The van der Waals surface area contributed by atoms with Gasteiger partial charge in [-0.3, -0.25) is 48.6 Å². The average Bonchev–Trinajstić information content (AvgIpc) is 3.77. The Bertz CT molecular complexity index is 1990. The summed E-state index contributed by atoms with van der Waals surface area (Å²) in [5.74, 6) is -11.7. The lowest BCUT2D eigenvalue weighted by atomic mass is 10.0. The van der Waals surface area contributed by atoms with Crippen LogP contribution in [0.15, 0.2) is 42.9 Å². The molecule has 0 aliphatic carbocycles. The molecule has 0 bridgehead atoms. The first-order chi connectivity index (χ1) is 30.7. The third-order valence-electron chi connectivity index (χ3n) is 9.14. The molecule has 0 fully saturated rings. The lowest BCUT2D eigenvalue weighted by Gasteiger charge is -2.26. The van der Waals surface area contributed by atoms with Crippen LogP contribution < -0.4 is 54.0 Å². The molecule has 27 heteroatoms. The number of nitrogens with two attached hydrogens (primary N) is 2. The summed E-state index contributed by atoms with van der Waals surface area (Å²) in [7, 11) is 0. The van der Waals surface area contributed by atoms with E-state index >= 15 is 0 Å². The highest BCUT2D eigenvalue weighted by molar-refractivity contribution is 5.97. The third-order valence-corrected chi connectivity index (χ3v) is 9.14. The molecule has 7 atom stereocenters. The number of carbonyl (C=O) groups excluding carboxylic acids is 7. The van der Waals surface area contributed by atoms with Crippen LogP contribution in [0.1, 0.15) is 50.3 Å². The second-order valence-electron chi connectivity index (χ2n) is 14.4. The van der Waals surface area contributed by atoms with E-state index < -0.39 is 134 Å². The summed E-state index contributed by atoms with van der Waals surface area (Å²) in [6.07, 6.45) is 0.862. The van der Waals surface area contributed by atoms with Gasteiger partial charge in [-0.25, -0.2) is 9.78 Å². The number of nitrogens with zero attached hydrogens (tertiary/aromatic N) is 1. The maximum absolute atomic E-state index is 13.8. The molecule has 27 nitrogen and oxygen atoms in total. The zero-order chi connectivity index (χ0) is 48.6. The van der Waals surface area contributed by atoms with Crippen molar-refractivity contribution >= 4 is 65.2 Å². The number of carbonyl (C=O) groups is 10. The molecule has 1 aromatic heterocycles. The summed E-state index contributed by atoms with van der Waals surface area (Å²) >= 11 is 0. The maximum atomic E-state index is 13.8. The highest BCUT2D eigenvalue weighted by atomic mass is 16.4. The predicted molar refractivity (Wildman–Crippen MR) is 224 cm³/mol. The van der Waals surface area contributed by atoms with E-state index in [0.29, 0.717) is 17.7 Å². The van der Waals surface area contributed by atoms with Gasteiger partial charge in [0, 0.05) is 32.0 Å². The molecular weight excluding hydrogens is 862 g/mol. The minimum Gasteiger partial charge on any atom is -0.481 e. The Balaban J connectivity index is 2.13. The van der Waals surface area contributed by atoms with Crippen LogP contribution >= 0.6 is 0 Å². The van der Waals surface area contributed by atoms with Crippen molar-refractivity contribution in [3.63, 3.8) is 0 Å². The summed E-state index contributed by atoms with van der Waals surface area (Å²) in [4.78, 5) is 132. The van der Waals surface area contributed by atoms with Gasteiger partial charge in [0.2, 0.25) is 41.4 Å². The van der Waals surface area contributed by atoms with Crippen molar-refractivity contribution in [2.75, 3.05) is 19.7 Å². The first-order valence-corrected chi connectivity index (χ1v) is 19.9. The van der Waals surface area contributed by atoms with E-state index in [1.54, 1.807) is 30.3 Å². The molecule has 0 saturated heterocycles. The predicted octanol–water partition coefficient (Wildman–Crippen LogP) is -5.75. The Labute approximate surface area is 370 Å². The van der Waals surface area contributed by atoms with Crippen LogP contribution in [0, 0.1) is 5.41 Å². The highest BCUT2D eigenvalue weighted by Crippen LogP contribution is 2.08. The average molecular weight is 918 g/mol. The molecule has 65 heavy (non-hydrogen) atoms. The smallest absolute Gasteiger partial charge is 0.326 e. The number of carboxylic acid groups (broad SMARTS) is 3. The second kappa shape index (κ2) is 27.4. The number of aliphatic hydroxyl groups is 1. The van der Waals surface area contributed by atoms with Gasteiger partial charge in [0.05, 0.1) is 37.6 Å². The number of amides is 7. The van der Waals surface area contributed by atoms with Crippen molar-refractivity contribution in [1.82, 2.24) is 52.5 Å². The maximum Gasteiger partial charge on any atom is 0.326 e. The first-order valence-electron chi connectivity index (χ1n) is 19.9. The zero-order valence-electron chi connectivity index (χ0n) is 35.1. The Hall–Kier alpha value is -7.68. The topological polar surface area (TPSA) is 452 Å². The SMILES string of the molecule is C[C@H](NC(=O)[C@H](CO)NC(=O)[C@H](Cc1ccccc1)NC(=O)[C@H](Cc1c[nH]cn1)NC(=O)[C@@H](N)CCCNC(=N)N)C(=O)NCC(=O)N[C@@H](CCC(=O)O)C(=O)N[C@@H](CC(=O)O)C(=O)O. The van der Waals surface area contributed by atoms with Crippen LogP contribution in [0.5, 0.6) is 0 Å². The highest BCUT2D eigenvalue weighted by Gasteiger charge is 2.33. The number of aliphatic hydroxyl groups excluding tert-OH is 1. The van der Waals surface area contributed by atoms with Crippen molar-refractivity contribution in [2.45, 2.75) is 94.2 Å². The summed E-state index contributed by atoms with van der Waals surface area (Å²) in [5, 5.41) is 63.1. The number of hydrogen-bond acceptors (Lipinski definition) is 14. The Morgan fingerprint density at radius 1 is 0.708 bits per heavy atom. The van der Waals surface area contributed by atoms with E-state index in [0.717, 1.165) is 0 Å². The van der Waals surface area contributed by atoms with Crippen molar-refractivity contribution < 1.29 is 68.4 Å². The number of carboxylic acids is 3. The van der Waals surface area contributed by atoms with E-state index in [9.17, 15) is 58.2 Å². The number of benzene rings is 1. The largest absolute Gasteiger partial charge is 0.481 e. The molecule has 0 aliphatic heterocycles. The van der Waals surface area contributed by atoms with E-state index in [4.69, 9.17) is 27.1 Å². The van der Waals surface area contributed by atoms with Gasteiger partial charge in [-0.15, -0.1) is 0 Å². The lowest BCUT2D eigenvalue weighted by molar-refractivity contribution is -0.147. The first kappa shape index (κ1) is 53.5. The van der Waals surface area contributed by atoms with Gasteiger partial charge in [0.1, 0.15) is 36.3 Å². The fraction of sp³-hybridized carbons (Fsp3) is 0.474. The van der Waals surface area contributed by atoms with Crippen LogP contribution in [0.3, 0.4) is 0 Å². The number of aliphatic carboxylic acids is 3. The van der Waals surface area contributed by atoms with Crippen LogP contribution in [0.2, 0.25) is 0 Å². The van der Waals surface area contributed by atoms with E-state index in [2.05, 4.69) is 47.2 Å². The number of aromatic amines is 1. The van der Waals surface area contributed by atoms with Gasteiger partial charge in [-0.1, -0.05) is 30.3 Å². The van der Waals surface area contributed by atoms with Crippen LogP contribution in [0.4, 0.5) is 0 Å². The minimum absolute atomic E-state index is 0.133. The molecule has 0 radical (unpaired) electrons. The summed E-state index contributed by atoms with van der Waals surface area (Å²) in [5.41, 5.74) is 12.3. The lowest BCUT2D eigenvalue weighted by Crippen LogP contribution is -2.60. The monoisotopic (exact) mass is 917 g/mol. The number of imidazole rings is 1. The third kappa shape index (κ3) is 20.4. The van der Waals surface area contributed by atoms with Gasteiger partial charge in [0.15, 0.2) is 5.96 Å². The Morgan fingerprint density at radius 2 is 1.29 bits per heavy atom. The molecule has 0 saturated carbocycles. The molecule has 1 aromatic carbocycles. The summed E-state index contributed by atoms with van der Waals surface area (Å²) in [6, 6.07) is -2.10. The summed E-state index contributed by atoms with van der Waals surface area (Å²) in [6.45, 7) is -0.391. The molecule has 0 spiro atoms. The van der Waals surface area contributed by atoms with Gasteiger partial charge in [0.25, 0.3) is 0 Å². The molecule has 2 rings (SSSR count). The van der Waals surface area contributed by atoms with Crippen molar-refractivity contribution in [2.24, 2.45) is 11.5 Å². The van der Waals surface area contributed by atoms with E-state index in [-0.39, 0.29) is 31.8 Å². The van der Waals surface area contributed by atoms with E-state index in [1.807, 2.05) is 5.32 Å². The fourth-order valence-corrected chi connectivity index (χ4v) is 5.70. The second-order valence-corrected chi connectivity index (χ2v) is 14.4. The van der Waals surface area contributed by atoms with Crippen LogP contribution in [0.25, 0.3) is 0 Å². The van der Waals surface area contributed by atoms with Gasteiger partial charge >= 0.3 is 17.9 Å². The van der Waals surface area contributed by atoms with Gasteiger partial charge < -0.3 is 79.4 Å². The van der Waals surface area contributed by atoms with E-state index in [1.165, 1.54) is 19.4 Å². The number of H-pyrrole nitrogens is 1. The molecular formula is C38H55N13O14. The quantitative estimate of drug-likeness (QED) is 0.0205. The normalized spacial score (nSPS) is 14.0. The standard InChI is InChI=1S/C38H55N13O14/c1-19(31(58)44-16-28(53)47-23(9-10-29(54)55)33(60)50-26(37(64)65)14-30(56)57)46-36(63)27(17-52)51-34(61)24(12-20-6-3-2-4-7-20)49-35(62)25(13-21-15-42-18-45-21)48-32(59)22(39)8-5-11-43-38(40)41/h2-4,6-7,15,18-19,22-27,52H,5,8-14,16-17,39H2,1H3,(H,42,45)(H,44,58)(H,46,63)(H,47,53)(H,48,59)(H,49,62)(H,50,60)(H,51,61)(H,54,55)(H,56,57)(H,64,65)(H4,40,41,43)/t19-,22-,23-,24-,25-,26-,27-/m0/s1. The van der Waals surface area contributed by atoms with Gasteiger partial charge in [-0.2, -0.15) is 0 Å². The summed E-state index contributed by atoms with van der Waals surface area (Å²) < 4.78 is 0. The molecule has 1 heterocycles. The Kier molecular flexibility index (Phi) is 22.5. The number of guanidine groups is 1. The van der Waals surface area contributed by atoms with Crippen LogP contribution in [-0.2, 0) is 60.8 Å². The molecule has 7 amide bonds. The number of hydrogen-bond donors (Lipinski definition) is 16. The Morgan fingerprint density at radius 3 is 1.86 bits per heavy atom. The molecule has 0 unspecified atom stereocenters. The number of rotatable bonds is 29. The minimum atomic E-state index is -1.91. The molecule has 356 valence electrons. The number of aromatic nitrogens is 2. The van der Waals surface area contributed by atoms with Crippen molar-refractivity contribution in [3.05, 3.63) is 54.1 Å². The van der Waals surface area contributed by atoms with Gasteiger partial charge in [-0.05, 0) is 31.7 Å². The fourth-order valence-electron chi connectivity index (χ4n) is 5.70. The molecule has 2 aromatic rings.